The summed E-state index contributed by atoms with van der Waals surface area (Å²) in [5.74, 6) is -0.961. The van der Waals surface area contributed by atoms with Gasteiger partial charge in [0.1, 0.15) is 0 Å². The van der Waals surface area contributed by atoms with Gasteiger partial charge in [0.25, 0.3) is 0 Å². The fourth-order valence-electron chi connectivity index (χ4n) is 1.28. The highest BCUT2D eigenvalue weighted by molar-refractivity contribution is 6.31. The second kappa shape index (κ2) is 5.73. The summed E-state index contributed by atoms with van der Waals surface area (Å²) in [6.45, 7) is 2.14. The van der Waals surface area contributed by atoms with Gasteiger partial charge in [-0.3, -0.25) is 0 Å². The first kappa shape index (κ1) is 12.0. The lowest BCUT2D eigenvalue weighted by Gasteiger charge is -2.12. The van der Waals surface area contributed by atoms with E-state index in [1.165, 1.54) is 0 Å². The molecule has 0 saturated carbocycles. The number of carboxylic acid groups (broad SMARTS) is 1. The maximum Gasteiger partial charge on any atom is 0.333 e. The minimum atomic E-state index is -0.961. The van der Waals surface area contributed by atoms with Crippen LogP contribution in [0.4, 0.5) is 0 Å². The van der Waals surface area contributed by atoms with Gasteiger partial charge in [-0.2, -0.15) is 0 Å². The third kappa shape index (κ3) is 3.53. The largest absolute Gasteiger partial charge is 0.479 e. The first-order valence-electron chi connectivity index (χ1n) is 4.73. The number of halogens is 1. The molecule has 0 unspecified atom stereocenters. The highest BCUT2D eigenvalue weighted by Gasteiger charge is 2.18. The molecule has 0 aliphatic carbocycles. The zero-order valence-electron chi connectivity index (χ0n) is 8.44. The maximum absolute atomic E-state index is 10.8. The molecule has 1 atom stereocenters. The number of carbonyl (C=O) groups is 1. The van der Waals surface area contributed by atoms with Crippen LogP contribution in [0.25, 0.3) is 0 Å². The topological polar surface area (TPSA) is 46.5 Å². The standard InChI is InChI=1S/C11H13ClO3/c1-2-15-10(11(13)14)7-8-5-3-4-6-9(8)12/h3-6,10H,2,7H2,1H3,(H,13,14)/t10-/m1/s1. The van der Waals surface area contributed by atoms with Gasteiger partial charge >= 0.3 is 5.97 Å². The van der Waals surface area contributed by atoms with E-state index in [9.17, 15) is 4.79 Å². The Labute approximate surface area is 93.6 Å². The molecule has 0 aromatic heterocycles. The summed E-state index contributed by atoms with van der Waals surface area (Å²) in [5, 5.41) is 9.46. The maximum atomic E-state index is 10.8. The molecular weight excluding hydrogens is 216 g/mol. The lowest BCUT2D eigenvalue weighted by molar-refractivity contribution is -0.149. The Balaban J connectivity index is 2.74. The van der Waals surface area contributed by atoms with E-state index in [4.69, 9.17) is 21.4 Å². The van der Waals surface area contributed by atoms with Gasteiger partial charge in [-0.1, -0.05) is 29.8 Å². The number of hydrogen-bond acceptors (Lipinski definition) is 2. The Bertz CT molecular complexity index is 338. The van der Waals surface area contributed by atoms with E-state index in [-0.39, 0.29) is 0 Å². The normalized spacial score (nSPS) is 12.4. The average Bonchev–Trinajstić information content (AvgIpc) is 2.20. The van der Waals surface area contributed by atoms with Crippen LogP contribution in [0.15, 0.2) is 24.3 Å². The van der Waals surface area contributed by atoms with E-state index >= 15 is 0 Å². The van der Waals surface area contributed by atoms with Gasteiger partial charge in [0.15, 0.2) is 6.10 Å². The zero-order chi connectivity index (χ0) is 11.3. The molecule has 1 aromatic carbocycles. The van der Waals surface area contributed by atoms with Crippen molar-refractivity contribution in [1.29, 1.82) is 0 Å². The fourth-order valence-corrected chi connectivity index (χ4v) is 1.50. The smallest absolute Gasteiger partial charge is 0.333 e. The van der Waals surface area contributed by atoms with E-state index < -0.39 is 12.1 Å². The van der Waals surface area contributed by atoms with Crippen LogP contribution in [0.3, 0.4) is 0 Å². The Morgan fingerprint density at radius 3 is 2.73 bits per heavy atom. The molecule has 0 saturated heterocycles. The van der Waals surface area contributed by atoms with E-state index in [0.29, 0.717) is 18.1 Å². The molecule has 3 nitrogen and oxygen atoms in total. The van der Waals surface area contributed by atoms with Gasteiger partial charge < -0.3 is 9.84 Å². The van der Waals surface area contributed by atoms with Gasteiger partial charge in [-0.05, 0) is 18.6 Å². The molecule has 0 aliphatic rings. The van der Waals surface area contributed by atoms with Crippen LogP contribution >= 0.6 is 11.6 Å². The molecule has 0 fully saturated rings. The molecule has 0 heterocycles. The second-order valence-corrected chi connectivity index (χ2v) is 3.48. The fraction of sp³-hybridized carbons (Fsp3) is 0.364. The van der Waals surface area contributed by atoms with Gasteiger partial charge in [-0.25, -0.2) is 4.79 Å². The van der Waals surface area contributed by atoms with Crippen molar-refractivity contribution >= 4 is 17.6 Å². The molecule has 1 aromatic rings. The van der Waals surface area contributed by atoms with Crippen LogP contribution in [-0.2, 0) is 16.0 Å². The average molecular weight is 229 g/mol. The van der Waals surface area contributed by atoms with Crippen molar-refractivity contribution in [3.8, 4) is 0 Å². The lowest BCUT2D eigenvalue weighted by atomic mass is 10.1. The number of ether oxygens (including phenoxy) is 1. The first-order valence-corrected chi connectivity index (χ1v) is 5.10. The quantitative estimate of drug-likeness (QED) is 0.842. The molecule has 1 N–H and O–H groups in total. The number of aliphatic carboxylic acids is 1. The third-order valence-corrected chi connectivity index (χ3v) is 2.38. The number of rotatable bonds is 5. The highest BCUT2D eigenvalue weighted by Crippen LogP contribution is 2.17. The van der Waals surface area contributed by atoms with E-state index in [1.807, 2.05) is 12.1 Å². The van der Waals surface area contributed by atoms with Crippen LogP contribution in [0, 0.1) is 0 Å². The van der Waals surface area contributed by atoms with Crippen LogP contribution in [0.2, 0.25) is 5.02 Å². The van der Waals surface area contributed by atoms with E-state index in [1.54, 1.807) is 19.1 Å². The van der Waals surface area contributed by atoms with Crippen LogP contribution < -0.4 is 0 Å². The zero-order valence-corrected chi connectivity index (χ0v) is 9.20. The molecule has 15 heavy (non-hydrogen) atoms. The van der Waals surface area contributed by atoms with Crippen molar-refractivity contribution in [1.82, 2.24) is 0 Å². The predicted molar refractivity (Wildman–Crippen MR) is 58.2 cm³/mol. The molecule has 0 spiro atoms. The predicted octanol–water partition coefficient (Wildman–Crippen LogP) is 2.37. The lowest BCUT2D eigenvalue weighted by Crippen LogP contribution is -2.26. The van der Waals surface area contributed by atoms with E-state index in [0.717, 1.165) is 5.56 Å². The molecule has 0 bridgehead atoms. The molecular formula is C11H13ClO3. The van der Waals surface area contributed by atoms with Gasteiger partial charge in [-0.15, -0.1) is 0 Å². The van der Waals surface area contributed by atoms with Crippen molar-refractivity contribution in [2.45, 2.75) is 19.4 Å². The summed E-state index contributed by atoms with van der Waals surface area (Å²) in [4.78, 5) is 10.8. The molecule has 0 radical (unpaired) electrons. The van der Waals surface area contributed by atoms with Gasteiger partial charge in [0, 0.05) is 18.1 Å². The number of benzene rings is 1. The SMILES string of the molecule is CCO[C@H](Cc1ccccc1Cl)C(=O)O. The van der Waals surface area contributed by atoms with Crippen molar-refractivity contribution in [3.05, 3.63) is 34.9 Å². The summed E-state index contributed by atoms with van der Waals surface area (Å²) in [6.07, 6.45) is -0.530. The highest BCUT2D eigenvalue weighted by atomic mass is 35.5. The monoisotopic (exact) mass is 228 g/mol. The van der Waals surface area contributed by atoms with Crippen molar-refractivity contribution < 1.29 is 14.6 Å². The second-order valence-electron chi connectivity index (χ2n) is 3.08. The molecule has 0 aliphatic heterocycles. The first-order chi connectivity index (χ1) is 7.15. The van der Waals surface area contributed by atoms with Gasteiger partial charge in [0.05, 0.1) is 0 Å². The van der Waals surface area contributed by atoms with E-state index in [2.05, 4.69) is 0 Å². The molecule has 4 heteroatoms. The summed E-state index contributed by atoms with van der Waals surface area (Å²) in [6, 6.07) is 7.17. The minimum absolute atomic E-state index is 0.294. The minimum Gasteiger partial charge on any atom is -0.479 e. The Kier molecular flexibility index (Phi) is 4.59. The summed E-state index contributed by atoms with van der Waals surface area (Å²) in [5.41, 5.74) is 0.792. The van der Waals surface area contributed by atoms with Crippen molar-refractivity contribution in [3.63, 3.8) is 0 Å². The third-order valence-electron chi connectivity index (χ3n) is 2.01. The van der Waals surface area contributed by atoms with Crippen LogP contribution in [0.5, 0.6) is 0 Å². The van der Waals surface area contributed by atoms with Crippen molar-refractivity contribution in [2.75, 3.05) is 6.61 Å². The Morgan fingerprint density at radius 1 is 1.53 bits per heavy atom. The summed E-state index contributed by atoms with van der Waals surface area (Å²) < 4.78 is 5.10. The number of hydrogen-bond donors (Lipinski definition) is 1. The van der Waals surface area contributed by atoms with Crippen LogP contribution in [0.1, 0.15) is 12.5 Å². The summed E-state index contributed by atoms with van der Waals surface area (Å²) >= 11 is 5.92. The number of carboxylic acids is 1. The van der Waals surface area contributed by atoms with Crippen LogP contribution in [-0.4, -0.2) is 23.8 Å². The van der Waals surface area contributed by atoms with Gasteiger partial charge in [0.2, 0.25) is 0 Å². The Hall–Kier alpha value is -1.06. The summed E-state index contributed by atoms with van der Waals surface area (Å²) in [7, 11) is 0. The Morgan fingerprint density at radius 2 is 2.20 bits per heavy atom. The molecule has 0 amide bonds. The molecule has 1 rings (SSSR count). The van der Waals surface area contributed by atoms with Crippen molar-refractivity contribution in [2.24, 2.45) is 0 Å². The molecule has 82 valence electrons.